The Kier molecular flexibility index (Phi) is 7.34. The zero-order valence-electron chi connectivity index (χ0n) is 15.2. The number of piperidine rings is 1. The fourth-order valence-electron chi connectivity index (χ4n) is 2.99. The Morgan fingerprint density at radius 1 is 1.14 bits per heavy atom. The molecule has 2 aromatic rings. The molecule has 0 saturated carbocycles. The highest BCUT2D eigenvalue weighted by molar-refractivity contribution is 9.10. The fraction of sp³-hybridized carbons (Fsp3) is 0.263. The molecule has 6 nitrogen and oxygen atoms in total. The highest BCUT2D eigenvalue weighted by Crippen LogP contribution is 2.26. The van der Waals surface area contributed by atoms with E-state index in [0.29, 0.717) is 28.5 Å². The van der Waals surface area contributed by atoms with Crippen LogP contribution < -0.4 is 5.43 Å². The number of nitrogens with zero attached hydrogens (tertiary/aromatic N) is 2. The van der Waals surface area contributed by atoms with Gasteiger partial charge in [-0.25, -0.2) is 13.8 Å². The van der Waals surface area contributed by atoms with E-state index in [2.05, 4.69) is 26.5 Å². The van der Waals surface area contributed by atoms with Gasteiger partial charge in [-0.05, 0) is 43.2 Å². The minimum absolute atomic E-state index is 0.242. The van der Waals surface area contributed by atoms with E-state index in [1.807, 2.05) is 0 Å². The lowest BCUT2D eigenvalue weighted by atomic mass is 9.98. The predicted molar refractivity (Wildman–Crippen MR) is 118 cm³/mol. The van der Waals surface area contributed by atoms with Crippen molar-refractivity contribution in [3.05, 3.63) is 62.5 Å². The van der Waals surface area contributed by atoms with E-state index in [-0.39, 0.29) is 29.8 Å². The smallest absolute Gasteiger partial charge is 0.243 e. The lowest BCUT2D eigenvalue weighted by Crippen LogP contribution is -2.42. The summed E-state index contributed by atoms with van der Waals surface area (Å²) in [5, 5.41) is 4.70. The molecule has 0 atom stereocenters. The van der Waals surface area contributed by atoms with Crippen molar-refractivity contribution in [3.8, 4) is 0 Å². The van der Waals surface area contributed by atoms with Gasteiger partial charge in [-0.1, -0.05) is 51.3 Å². The lowest BCUT2D eigenvalue weighted by Gasteiger charge is -2.30. The Hall–Kier alpha value is -1.45. The molecule has 1 aliphatic rings. The summed E-state index contributed by atoms with van der Waals surface area (Å²) >= 11 is 15.3. The number of carbonyl (C=O) groups excluding carboxylic acids is 1. The summed E-state index contributed by atoms with van der Waals surface area (Å²) in [4.78, 5) is 12.6. The third-order valence-corrected chi connectivity index (χ3v) is 7.91. The van der Waals surface area contributed by atoms with Crippen LogP contribution in [0.5, 0.6) is 0 Å². The molecule has 0 aromatic heterocycles. The highest BCUT2D eigenvalue weighted by atomic mass is 79.9. The van der Waals surface area contributed by atoms with Crippen molar-refractivity contribution in [2.24, 2.45) is 11.0 Å². The third kappa shape index (κ3) is 5.38. The number of hydrazone groups is 1. The monoisotopic (exact) mass is 517 g/mol. The lowest BCUT2D eigenvalue weighted by molar-refractivity contribution is -0.126. The molecule has 0 spiro atoms. The third-order valence-electron chi connectivity index (χ3n) is 4.64. The van der Waals surface area contributed by atoms with Crippen molar-refractivity contribution >= 4 is 61.3 Å². The van der Waals surface area contributed by atoms with Gasteiger partial charge in [-0.2, -0.15) is 9.41 Å². The molecule has 0 aliphatic carbocycles. The van der Waals surface area contributed by atoms with Crippen molar-refractivity contribution in [2.75, 3.05) is 13.1 Å². The standard InChI is InChI=1S/C19H18BrCl2N3O3S/c20-15-4-6-16(7-5-15)29(27,28)25-10-8-13(9-11-25)19(26)24-23-12-14-2-1-3-17(21)18(14)22/h1-7,12-13H,8-11H2,(H,24,26)/b23-12-. The van der Waals surface area contributed by atoms with E-state index >= 15 is 0 Å². The molecular formula is C19H18BrCl2N3O3S. The van der Waals surface area contributed by atoms with Gasteiger partial charge in [0.05, 0.1) is 21.2 Å². The van der Waals surface area contributed by atoms with Crippen LogP contribution in [0.15, 0.2) is 56.9 Å². The molecule has 1 N–H and O–H groups in total. The summed E-state index contributed by atoms with van der Waals surface area (Å²) in [5.74, 6) is -0.557. The number of carbonyl (C=O) groups is 1. The molecule has 0 unspecified atom stereocenters. The van der Waals surface area contributed by atoms with Gasteiger partial charge in [0.2, 0.25) is 15.9 Å². The number of hydrogen-bond donors (Lipinski definition) is 1. The number of nitrogens with one attached hydrogen (secondary N) is 1. The largest absolute Gasteiger partial charge is 0.273 e. The molecule has 1 aliphatic heterocycles. The Bertz CT molecular complexity index is 1020. The van der Waals surface area contributed by atoms with Crippen molar-refractivity contribution in [3.63, 3.8) is 0 Å². The number of rotatable bonds is 5. The van der Waals surface area contributed by atoms with Gasteiger partial charge < -0.3 is 0 Å². The second-order valence-electron chi connectivity index (χ2n) is 6.51. The Morgan fingerprint density at radius 2 is 1.79 bits per heavy atom. The van der Waals surface area contributed by atoms with Crippen LogP contribution >= 0.6 is 39.1 Å². The molecule has 3 rings (SSSR count). The first kappa shape index (κ1) is 22.2. The van der Waals surface area contributed by atoms with Crippen LogP contribution in [0.1, 0.15) is 18.4 Å². The maximum absolute atomic E-state index is 12.7. The van der Waals surface area contributed by atoms with Gasteiger partial charge in [0.25, 0.3) is 0 Å². The first-order chi connectivity index (χ1) is 13.8. The predicted octanol–water partition coefficient (Wildman–Crippen LogP) is 4.31. The van der Waals surface area contributed by atoms with Crippen LogP contribution in [-0.2, 0) is 14.8 Å². The van der Waals surface area contributed by atoms with Crippen molar-refractivity contribution < 1.29 is 13.2 Å². The van der Waals surface area contributed by atoms with Gasteiger partial charge in [-0.3, -0.25) is 4.79 Å². The first-order valence-electron chi connectivity index (χ1n) is 8.81. The number of sulfonamides is 1. The van der Waals surface area contributed by atoms with E-state index < -0.39 is 10.0 Å². The van der Waals surface area contributed by atoms with Crippen molar-refractivity contribution in [1.29, 1.82) is 0 Å². The summed E-state index contributed by atoms with van der Waals surface area (Å²) in [6.45, 7) is 0.556. The summed E-state index contributed by atoms with van der Waals surface area (Å²) in [6.07, 6.45) is 2.28. The van der Waals surface area contributed by atoms with Crippen LogP contribution in [0.3, 0.4) is 0 Å². The zero-order valence-corrected chi connectivity index (χ0v) is 19.1. The summed E-state index contributed by atoms with van der Waals surface area (Å²) < 4.78 is 27.7. The molecule has 2 aromatic carbocycles. The topological polar surface area (TPSA) is 78.8 Å². The normalized spacial score (nSPS) is 16.2. The van der Waals surface area contributed by atoms with Gasteiger partial charge in [0, 0.05) is 29.0 Å². The maximum atomic E-state index is 12.7. The minimum Gasteiger partial charge on any atom is -0.273 e. The second-order valence-corrected chi connectivity index (χ2v) is 10.1. The van der Waals surface area contributed by atoms with E-state index in [1.165, 1.54) is 10.5 Å². The van der Waals surface area contributed by atoms with Crippen molar-refractivity contribution in [1.82, 2.24) is 9.73 Å². The van der Waals surface area contributed by atoms with E-state index in [1.54, 1.807) is 42.5 Å². The average molecular weight is 519 g/mol. The summed E-state index contributed by atoms with van der Waals surface area (Å²) in [5.41, 5.74) is 3.09. The highest BCUT2D eigenvalue weighted by Gasteiger charge is 2.32. The van der Waals surface area contributed by atoms with E-state index in [4.69, 9.17) is 23.2 Å². The molecule has 29 heavy (non-hydrogen) atoms. The number of amides is 1. The Labute approximate surface area is 188 Å². The minimum atomic E-state index is -3.57. The first-order valence-corrected chi connectivity index (χ1v) is 11.8. The average Bonchev–Trinajstić information content (AvgIpc) is 2.71. The molecule has 10 heteroatoms. The molecule has 1 saturated heterocycles. The van der Waals surface area contributed by atoms with Crippen LogP contribution in [0, 0.1) is 5.92 Å². The van der Waals surface area contributed by atoms with Gasteiger partial charge in [0.1, 0.15) is 0 Å². The summed E-state index contributed by atoms with van der Waals surface area (Å²) in [7, 11) is -3.57. The van der Waals surface area contributed by atoms with Gasteiger partial charge in [-0.15, -0.1) is 0 Å². The van der Waals surface area contributed by atoms with Gasteiger partial charge >= 0.3 is 0 Å². The number of halogens is 3. The van der Waals surface area contributed by atoms with Gasteiger partial charge in [0.15, 0.2) is 0 Å². The summed E-state index contributed by atoms with van der Waals surface area (Å²) in [6, 6.07) is 11.6. The van der Waals surface area contributed by atoms with Crippen LogP contribution in [-0.4, -0.2) is 37.9 Å². The second kappa shape index (κ2) is 9.57. The number of hydrogen-bond acceptors (Lipinski definition) is 4. The molecule has 154 valence electrons. The molecule has 0 bridgehead atoms. The Balaban J connectivity index is 1.56. The van der Waals surface area contributed by atoms with Crippen LogP contribution in [0.2, 0.25) is 10.0 Å². The zero-order chi connectivity index (χ0) is 21.0. The van der Waals surface area contributed by atoms with Crippen molar-refractivity contribution in [2.45, 2.75) is 17.7 Å². The molecular weight excluding hydrogens is 501 g/mol. The van der Waals surface area contributed by atoms with Crippen LogP contribution in [0.4, 0.5) is 0 Å². The SMILES string of the molecule is O=C(N/N=C\c1cccc(Cl)c1Cl)C1CCN(S(=O)(=O)c2ccc(Br)cc2)CC1. The molecule has 1 amide bonds. The number of benzene rings is 2. The molecule has 1 fully saturated rings. The van der Waals surface area contributed by atoms with E-state index in [9.17, 15) is 13.2 Å². The maximum Gasteiger partial charge on any atom is 0.243 e. The van der Waals surface area contributed by atoms with Crippen LogP contribution in [0.25, 0.3) is 0 Å². The molecule has 1 heterocycles. The van der Waals surface area contributed by atoms with E-state index in [0.717, 1.165) is 4.47 Å². The fourth-order valence-corrected chi connectivity index (χ4v) is 5.08. The quantitative estimate of drug-likeness (QED) is 0.473. The Morgan fingerprint density at radius 3 is 2.45 bits per heavy atom. The molecule has 0 radical (unpaired) electrons.